The van der Waals surface area contributed by atoms with Crippen molar-refractivity contribution in [1.82, 2.24) is 5.32 Å². The van der Waals surface area contributed by atoms with E-state index in [4.69, 9.17) is 9.47 Å². The molecule has 1 heterocycles. The third-order valence-corrected chi connectivity index (χ3v) is 4.15. The van der Waals surface area contributed by atoms with E-state index in [0.29, 0.717) is 12.6 Å². The van der Waals surface area contributed by atoms with E-state index in [0.717, 1.165) is 23.6 Å². The first-order valence-corrected chi connectivity index (χ1v) is 7.98. The zero-order valence-electron chi connectivity index (χ0n) is 13.1. The fourth-order valence-electron chi connectivity index (χ4n) is 1.94. The number of aryl methyl sites for hydroxylation is 1. The molecule has 0 unspecified atom stereocenters. The van der Waals surface area contributed by atoms with E-state index < -0.39 is 0 Å². The van der Waals surface area contributed by atoms with Crippen LogP contribution in [-0.2, 0) is 13.2 Å². The predicted molar refractivity (Wildman–Crippen MR) is 88.4 cm³/mol. The highest BCUT2D eigenvalue weighted by Gasteiger charge is 2.06. The number of thiophene rings is 1. The maximum atomic E-state index is 5.87. The summed E-state index contributed by atoms with van der Waals surface area (Å²) < 4.78 is 11.2. The second-order valence-electron chi connectivity index (χ2n) is 5.35. The number of nitrogens with one attached hydrogen (secondary N) is 1. The Balaban J connectivity index is 1.94. The van der Waals surface area contributed by atoms with E-state index in [-0.39, 0.29) is 0 Å². The fraction of sp³-hybridized carbons (Fsp3) is 0.412. The summed E-state index contributed by atoms with van der Waals surface area (Å²) in [5.74, 6) is 1.58. The van der Waals surface area contributed by atoms with E-state index in [1.807, 2.05) is 25.1 Å². The molecule has 1 aromatic carbocycles. The molecule has 3 nitrogen and oxygen atoms in total. The summed E-state index contributed by atoms with van der Waals surface area (Å²) in [5, 5.41) is 3.42. The Hall–Kier alpha value is -1.52. The first kappa shape index (κ1) is 15.9. The van der Waals surface area contributed by atoms with Crippen LogP contribution in [0.15, 0.2) is 30.3 Å². The van der Waals surface area contributed by atoms with Crippen LogP contribution in [0.3, 0.4) is 0 Å². The minimum atomic E-state index is 0.503. The molecule has 21 heavy (non-hydrogen) atoms. The molecule has 0 fully saturated rings. The molecule has 1 N–H and O–H groups in total. The van der Waals surface area contributed by atoms with Gasteiger partial charge in [-0.1, -0.05) is 19.9 Å². The van der Waals surface area contributed by atoms with Gasteiger partial charge < -0.3 is 14.8 Å². The van der Waals surface area contributed by atoms with E-state index in [9.17, 15) is 0 Å². The molecule has 2 aromatic rings. The number of benzene rings is 1. The maximum Gasteiger partial charge on any atom is 0.161 e. The first-order valence-electron chi connectivity index (χ1n) is 7.17. The average molecular weight is 305 g/mol. The van der Waals surface area contributed by atoms with Gasteiger partial charge in [0.2, 0.25) is 0 Å². The van der Waals surface area contributed by atoms with Crippen LogP contribution in [0.2, 0.25) is 0 Å². The van der Waals surface area contributed by atoms with Crippen LogP contribution in [0.25, 0.3) is 0 Å². The lowest BCUT2D eigenvalue weighted by Crippen LogP contribution is -2.21. The molecule has 0 saturated carbocycles. The van der Waals surface area contributed by atoms with Crippen LogP contribution < -0.4 is 14.8 Å². The van der Waals surface area contributed by atoms with Crippen molar-refractivity contribution in [2.45, 2.75) is 40.0 Å². The highest BCUT2D eigenvalue weighted by molar-refractivity contribution is 7.11. The molecule has 0 aliphatic carbocycles. The van der Waals surface area contributed by atoms with Crippen molar-refractivity contribution in [2.75, 3.05) is 7.11 Å². The van der Waals surface area contributed by atoms with Crippen molar-refractivity contribution >= 4 is 11.3 Å². The summed E-state index contributed by atoms with van der Waals surface area (Å²) in [4.78, 5) is 2.55. The van der Waals surface area contributed by atoms with Crippen LogP contribution in [0.1, 0.15) is 29.2 Å². The topological polar surface area (TPSA) is 30.5 Å². The van der Waals surface area contributed by atoms with Crippen molar-refractivity contribution < 1.29 is 9.47 Å². The molecule has 0 amide bonds. The Morgan fingerprint density at radius 1 is 1.10 bits per heavy atom. The third-order valence-electron chi connectivity index (χ3n) is 3.09. The van der Waals surface area contributed by atoms with E-state index in [2.05, 4.69) is 31.3 Å². The summed E-state index contributed by atoms with van der Waals surface area (Å²) in [6.45, 7) is 7.84. The molecular formula is C17H23NO2S. The number of methoxy groups -OCH3 is 1. The standard InChI is InChI=1S/C17H23NO2S/c1-12(2)18-10-14-6-7-15(21-14)11-20-16-8-5-13(3)9-17(16)19-4/h5-9,12,18H,10-11H2,1-4H3. The van der Waals surface area contributed by atoms with Gasteiger partial charge in [0, 0.05) is 22.3 Å². The van der Waals surface area contributed by atoms with Crippen molar-refractivity contribution in [2.24, 2.45) is 0 Å². The molecule has 2 rings (SSSR count). The van der Waals surface area contributed by atoms with Gasteiger partial charge in [-0.2, -0.15) is 0 Å². The second-order valence-corrected chi connectivity index (χ2v) is 6.60. The summed E-state index contributed by atoms with van der Waals surface area (Å²) in [6, 6.07) is 10.8. The fourth-order valence-corrected chi connectivity index (χ4v) is 2.82. The number of hydrogen-bond donors (Lipinski definition) is 1. The normalized spacial score (nSPS) is 10.9. The molecule has 0 aliphatic rings. The first-order chi connectivity index (χ1) is 10.1. The number of rotatable bonds is 7. The Kier molecular flexibility index (Phi) is 5.65. The van der Waals surface area contributed by atoms with Gasteiger partial charge in [0.15, 0.2) is 11.5 Å². The minimum Gasteiger partial charge on any atom is -0.493 e. The zero-order valence-corrected chi connectivity index (χ0v) is 13.9. The van der Waals surface area contributed by atoms with Gasteiger partial charge >= 0.3 is 0 Å². The van der Waals surface area contributed by atoms with Gasteiger partial charge in [0.1, 0.15) is 6.61 Å². The second kappa shape index (κ2) is 7.48. The van der Waals surface area contributed by atoms with E-state index >= 15 is 0 Å². The smallest absolute Gasteiger partial charge is 0.161 e. The molecule has 0 atom stereocenters. The van der Waals surface area contributed by atoms with Gasteiger partial charge in [-0.05, 0) is 36.8 Å². The molecule has 0 spiro atoms. The minimum absolute atomic E-state index is 0.503. The summed E-state index contributed by atoms with van der Waals surface area (Å²) >= 11 is 1.78. The monoisotopic (exact) mass is 305 g/mol. The lowest BCUT2D eigenvalue weighted by molar-refractivity contribution is 0.287. The van der Waals surface area contributed by atoms with E-state index in [1.165, 1.54) is 9.75 Å². The lowest BCUT2D eigenvalue weighted by atomic mass is 10.2. The number of hydrogen-bond acceptors (Lipinski definition) is 4. The largest absolute Gasteiger partial charge is 0.493 e. The van der Waals surface area contributed by atoms with Gasteiger partial charge in [0.25, 0.3) is 0 Å². The van der Waals surface area contributed by atoms with Gasteiger partial charge in [-0.3, -0.25) is 0 Å². The highest BCUT2D eigenvalue weighted by atomic mass is 32.1. The third kappa shape index (κ3) is 4.76. The van der Waals surface area contributed by atoms with Gasteiger partial charge in [-0.15, -0.1) is 11.3 Å². The molecular weight excluding hydrogens is 282 g/mol. The Morgan fingerprint density at radius 2 is 1.86 bits per heavy atom. The summed E-state index contributed by atoms with van der Waals surface area (Å²) in [6.07, 6.45) is 0. The molecule has 0 saturated heterocycles. The maximum absolute atomic E-state index is 5.87. The van der Waals surface area contributed by atoms with Crippen LogP contribution in [-0.4, -0.2) is 13.2 Å². The average Bonchev–Trinajstić information content (AvgIpc) is 2.91. The Morgan fingerprint density at radius 3 is 2.57 bits per heavy atom. The highest BCUT2D eigenvalue weighted by Crippen LogP contribution is 2.29. The van der Waals surface area contributed by atoms with Crippen LogP contribution in [0.5, 0.6) is 11.5 Å². The van der Waals surface area contributed by atoms with Crippen molar-refractivity contribution in [3.63, 3.8) is 0 Å². The van der Waals surface area contributed by atoms with E-state index in [1.54, 1.807) is 18.4 Å². The summed E-state index contributed by atoms with van der Waals surface area (Å²) in [5.41, 5.74) is 1.16. The molecule has 0 bridgehead atoms. The van der Waals surface area contributed by atoms with Crippen molar-refractivity contribution in [3.05, 3.63) is 45.6 Å². The molecule has 0 radical (unpaired) electrons. The molecule has 114 valence electrons. The lowest BCUT2D eigenvalue weighted by Gasteiger charge is -2.10. The molecule has 1 aromatic heterocycles. The Bertz CT molecular complexity index is 578. The molecule has 0 aliphatic heterocycles. The van der Waals surface area contributed by atoms with Crippen LogP contribution >= 0.6 is 11.3 Å². The van der Waals surface area contributed by atoms with Crippen molar-refractivity contribution in [1.29, 1.82) is 0 Å². The van der Waals surface area contributed by atoms with Crippen LogP contribution in [0, 0.1) is 6.92 Å². The van der Waals surface area contributed by atoms with Gasteiger partial charge in [-0.25, -0.2) is 0 Å². The molecule has 4 heteroatoms. The quantitative estimate of drug-likeness (QED) is 0.834. The predicted octanol–water partition coefficient (Wildman–Crippen LogP) is 4.14. The SMILES string of the molecule is COc1cc(C)ccc1OCc1ccc(CNC(C)C)s1. The van der Waals surface area contributed by atoms with Gasteiger partial charge in [0.05, 0.1) is 7.11 Å². The van der Waals surface area contributed by atoms with Crippen molar-refractivity contribution in [3.8, 4) is 11.5 Å². The van der Waals surface area contributed by atoms with Crippen LogP contribution in [0.4, 0.5) is 0 Å². The Labute approximate surface area is 130 Å². The zero-order chi connectivity index (χ0) is 15.2. The summed E-state index contributed by atoms with van der Waals surface area (Å²) in [7, 11) is 1.67. The number of ether oxygens (including phenoxy) is 2.